The number of fused-ring (bicyclic) bond motifs is 1. The zero-order valence-corrected chi connectivity index (χ0v) is 14.9. The van der Waals surface area contributed by atoms with Crippen LogP contribution in [0, 0.1) is 0 Å². The molecule has 0 spiro atoms. The number of carbonyl (C=O) groups is 1. The minimum absolute atomic E-state index is 0.151. The van der Waals surface area contributed by atoms with Crippen LogP contribution in [0.2, 0.25) is 0 Å². The van der Waals surface area contributed by atoms with Crippen LogP contribution in [0.15, 0.2) is 51.6 Å². The first-order valence-corrected chi connectivity index (χ1v) is 9.46. The van der Waals surface area contributed by atoms with Crippen LogP contribution >= 0.6 is 22.7 Å². The Labute approximate surface area is 151 Å². The van der Waals surface area contributed by atoms with Crippen LogP contribution in [-0.2, 0) is 0 Å². The Balaban J connectivity index is 1.57. The molecule has 0 unspecified atom stereocenters. The molecular formula is C18H14N2O3S2. The first-order chi connectivity index (χ1) is 12.2. The fraction of sp³-hybridized carbons (Fsp3) is 0.111. The van der Waals surface area contributed by atoms with Crippen molar-refractivity contribution in [1.29, 1.82) is 0 Å². The van der Waals surface area contributed by atoms with Gasteiger partial charge in [0, 0.05) is 10.8 Å². The molecule has 0 saturated heterocycles. The molecule has 4 rings (SSSR count). The summed E-state index contributed by atoms with van der Waals surface area (Å²) in [4.78, 5) is 17.2. The third kappa shape index (κ3) is 3.29. The van der Waals surface area contributed by atoms with Crippen molar-refractivity contribution in [2.75, 3.05) is 11.9 Å². The van der Waals surface area contributed by atoms with E-state index >= 15 is 0 Å². The molecule has 1 aromatic carbocycles. The highest BCUT2D eigenvalue weighted by Gasteiger charge is 2.13. The standard InChI is InChI=1S/C18H14N2O3S2/c1-2-22-12-5-6-14-11(8-12)9-15(23-14)13-10-25-18(19-13)20-17(21)16-4-3-7-24-16/h3-10H,2H2,1H3,(H,19,20,21). The highest BCUT2D eigenvalue weighted by Crippen LogP contribution is 2.32. The summed E-state index contributed by atoms with van der Waals surface area (Å²) in [7, 11) is 0. The van der Waals surface area contributed by atoms with Crippen molar-refractivity contribution in [3.05, 3.63) is 52.0 Å². The molecule has 25 heavy (non-hydrogen) atoms. The minimum Gasteiger partial charge on any atom is -0.494 e. The molecule has 7 heteroatoms. The summed E-state index contributed by atoms with van der Waals surface area (Å²) < 4.78 is 11.4. The lowest BCUT2D eigenvalue weighted by Gasteiger charge is -2.00. The number of thiazole rings is 1. The number of rotatable bonds is 5. The number of ether oxygens (including phenoxy) is 1. The third-order valence-electron chi connectivity index (χ3n) is 3.52. The maximum atomic E-state index is 12.1. The van der Waals surface area contributed by atoms with Gasteiger partial charge in [-0.25, -0.2) is 4.98 Å². The van der Waals surface area contributed by atoms with E-state index in [1.807, 2.05) is 48.0 Å². The van der Waals surface area contributed by atoms with E-state index in [9.17, 15) is 4.79 Å². The van der Waals surface area contributed by atoms with E-state index in [2.05, 4.69) is 10.3 Å². The molecule has 3 heterocycles. The number of thiophene rings is 1. The summed E-state index contributed by atoms with van der Waals surface area (Å²) in [5.74, 6) is 1.32. The molecule has 0 radical (unpaired) electrons. The van der Waals surface area contributed by atoms with E-state index in [1.165, 1.54) is 22.7 Å². The molecule has 1 amide bonds. The third-order valence-corrected chi connectivity index (χ3v) is 5.15. The van der Waals surface area contributed by atoms with Gasteiger partial charge in [-0.2, -0.15) is 0 Å². The van der Waals surface area contributed by atoms with Gasteiger partial charge in [-0.15, -0.1) is 22.7 Å². The van der Waals surface area contributed by atoms with E-state index in [4.69, 9.17) is 9.15 Å². The topological polar surface area (TPSA) is 64.4 Å². The van der Waals surface area contributed by atoms with Crippen molar-refractivity contribution >= 4 is 44.7 Å². The summed E-state index contributed by atoms with van der Waals surface area (Å²) in [5.41, 5.74) is 1.47. The molecule has 126 valence electrons. The number of anilines is 1. The summed E-state index contributed by atoms with van der Waals surface area (Å²) >= 11 is 2.76. The molecule has 5 nitrogen and oxygen atoms in total. The predicted molar refractivity (Wildman–Crippen MR) is 101 cm³/mol. The van der Waals surface area contributed by atoms with Crippen LogP contribution < -0.4 is 10.1 Å². The highest BCUT2D eigenvalue weighted by molar-refractivity contribution is 7.14. The molecule has 1 N–H and O–H groups in total. The van der Waals surface area contributed by atoms with Crippen LogP contribution in [-0.4, -0.2) is 17.5 Å². The van der Waals surface area contributed by atoms with Crippen LogP contribution in [0.3, 0.4) is 0 Å². The van der Waals surface area contributed by atoms with E-state index < -0.39 is 0 Å². The maximum absolute atomic E-state index is 12.1. The van der Waals surface area contributed by atoms with Crippen molar-refractivity contribution in [3.63, 3.8) is 0 Å². The Morgan fingerprint density at radius 2 is 2.20 bits per heavy atom. The zero-order valence-electron chi connectivity index (χ0n) is 13.3. The Morgan fingerprint density at radius 3 is 3.00 bits per heavy atom. The van der Waals surface area contributed by atoms with Crippen molar-refractivity contribution in [1.82, 2.24) is 4.98 Å². The van der Waals surface area contributed by atoms with Gasteiger partial charge in [0.1, 0.15) is 17.0 Å². The number of amides is 1. The van der Waals surface area contributed by atoms with Gasteiger partial charge in [-0.3, -0.25) is 10.1 Å². The summed E-state index contributed by atoms with van der Waals surface area (Å²) in [6.45, 7) is 2.57. The van der Waals surface area contributed by atoms with Gasteiger partial charge in [0.25, 0.3) is 5.91 Å². The minimum atomic E-state index is -0.151. The number of benzene rings is 1. The summed E-state index contributed by atoms with van der Waals surface area (Å²) in [6.07, 6.45) is 0. The van der Waals surface area contributed by atoms with Crippen LogP contribution in [0.4, 0.5) is 5.13 Å². The fourth-order valence-corrected chi connectivity index (χ4v) is 3.73. The number of aromatic nitrogens is 1. The number of nitrogens with zero attached hydrogens (tertiary/aromatic N) is 1. The van der Waals surface area contributed by atoms with E-state index in [-0.39, 0.29) is 5.91 Å². The molecule has 0 aliphatic heterocycles. The van der Waals surface area contributed by atoms with E-state index in [1.54, 1.807) is 6.07 Å². The Bertz CT molecular complexity index is 1020. The Hall–Kier alpha value is -2.64. The fourth-order valence-electron chi connectivity index (χ4n) is 2.41. The smallest absolute Gasteiger partial charge is 0.267 e. The molecular weight excluding hydrogens is 356 g/mol. The van der Waals surface area contributed by atoms with Gasteiger partial charge in [0.2, 0.25) is 0 Å². The van der Waals surface area contributed by atoms with Gasteiger partial charge in [0.05, 0.1) is 11.5 Å². The molecule has 0 aliphatic carbocycles. The normalized spacial score (nSPS) is 10.9. The monoisotopic (exact) mass is 370 g/mol. The Kier molecular flexibility index (Phi) is 4.25. The van der Waals surface area contributed by atoms with E-state index in [0.29, 0.717) is 28.1 Å². The quantitative estimate of drug-likeness (QED) is 0.520. The van der Waals surface area contributed by atoms with Gasteiger partial charge in [0.15, 0.2) is 10.9 Å². The van der Waals surface area contributed by atoms with Gasteiger partial charge in [-0.1, -0.05) is 6.07 Å². The van der Waals surface area contributed by atoms with Crippen molar-refractivity contribution in [3.8, 4) is 17.2 Å². The van der Waals surface area contributed by atoms with Crippen LogP contribution in [0.1, 0.15) is 16.6 Å². The first-order valence-electron chi connectivity index (χ1n) is 7.70. The van der Waals surface area contributed by atoms with Crippen molar-refractivity contribution in [2.45, 2.75) is 6.92 Å². The highest BCUT2D eigenvalue weighted by atomic mass is 32.1. The number of nitrogens with one attached hydrogen (secondary N) is 1. The maximum Gasteiger partial charge on any atom is 0.267 e. The molecule has 0 saturated carbocycles. The largest absolute Gasteiger partial charge is 0.494 e. The second-order valence-electron chi connectivity index (χ2n) is 5.21. The van der Waals surface area contributed by atoms with Gasteiger partial charge >= 0.3 is 0 Å². The molecule has 0 bridgehead atoms. The molecule has 0 aliphatic rings. The number of furan rings is 1. The SMILES string of the molecule is CCOc1ccc2oc(-c3csc(NC(=O)c4cccs4)n3)cc2c1. The lowest BCUT2D eigenvalue weighted by atomic mass is 10.2. The number of hydrogen-bond donors (Lipinski definition) is 1. The van der Waals surface area contributed by atoms with Crippen LogP contribution in [0.25, 0.3) is 22.4 Å². The summed E-state index contributed by atoms with van der Waals surface area (Å²) in [5, 5.41) is 8.05. The van der Waals surface area contributed by atoms with E-state index in [0.717, 1.165) is 16.7 Å². The van der Waals surface area contributed by atoms with Crippen LogP contribution in [0.5, 0.6) is 5.75 Å². The second-order valence-corrected chi connectivity index (χ2v) is 7.02. The predicted octanol–water partition coefficient (Wildman–Crippen LogP) is 5.27. The lowest BCUT2D eigenvalue weighted by molar-refractivity contribution is 0.103. The van der Waals surface area contributed by atoms with Gasteiger partial charge in [-0.05, 0) is 42.6 Å². The average Bonchev–Trinajstić information content (AvgIpc) is 3.34. The number of hydrogen-bond acceptors (Lipinski definition) is 6. The Morgan fingerprint density at radius 1 is 1.28 bits per heavy atom. The lowest BCUT2D eigenvalue weighted by Crippen LogP contribution is -2.09. The number of carbonyl (C=O) groups excluding carboxylic acids is 1. The molecule has 3 aromatic heterocycles. The zero-order chi connectivity index (χ0) is 17.2. The second kappa shape index (κ2) is 6.70. The summed E-state index contributed by atoms with van der Waals surface area (Å²) in [6, 6.07) is 11.3. The molecule has 0 atom stereocenters. The van der Waals surface area contributed by atoms with Crippen molar-refractivity contribution in [2.24, 2.45) is 0 Å². The molecule has 0 fully saturated rings. The average molecular weight is 370 g/mol. The van der Waals surface area contributed by atoms with Crippen molar-refractivity contribution < 1.29 is 13.9 Å². The molecule has 4 aromatic rings. The first kappa shape index (κ1) is 15.9. The van der Waals surface area contributed by atoms with Gasteiger partial charge < -0.3 is 9.15 Å².